The van der Waals surface area contributed by atoms with Gasteiger partial charge >= 0.3 is 0 Å². The Kier molecular flexibility index (Phi) is 6.18. The Labute approximate surface area is 160 Å². The van der Waals surface area contributed by atoms with Gasteiger partial charge in [0, 0.05) is 38.0 Å². The van der Waals surface area contributed by atoms with E-state index < -0.39 is 0 Å². The summed E-state index contributed by atoms with van der Waals surface area (Å²) in [6.07, 6.45) is 3.81. The molecule has 0 aliphatic carbocycles. The molecule has 3 rings (SSSR count). The highest BCUT2D eigenvalue weighted by molar-refractivity contribution is 5.65. The van der Waals surface area contributed by atoms with Crippen molar-refractivity contribution in [3.8, 4) is 17.0 Å². The molecule has 0 saturated heterocycles. The van der Waals surface area contributed by atoms with E-state index in [1.807, 2.05) is 92.8 Å². The van der Waals surface area contributed by atoms with Crippen molar-refractivity contribution in [2.24, 2.45) is 0 Å². The highest BCUT2D eigenvalue weighted by atomic mass is 16.5. The second-order valence-electron chi connectivity index (χ2n) is 6.26. The molecule has 5 nitrogen and oxygen atoms in total. The van der Waals surface area contributed by atoms with Gasteiger partial charge in [0.2, 0.25) is 5.95 Å². The van der Waals surface area contributed by atoms with E-state index in [9.17, 15) is 0 Å². The average molecular weight is 360 g/mol. The molecule has 138 valence electrons. The fraction of sp³-hybridized carbons (Fsp3) is 0.182. The lowest BCUT2D eigenvalue weighted by atomic mass is 10.1. The van der Waals surface area contributed by atoms with Gasteiger partial charge in [-0.05, 0) is 31.3 Å². The quantitative estimate of drug-likeness (QED) is 0.649. The second kappa shape index (κ2) is 8.96. The predicted molar refractivity (Wildman–Crippen MR) is 111 cm³/mol. The molecule has 1 heterocycles. The van der Waals surface area contributed by atoms with Crippen LogP contribution in [0.5, 0.6) is 5.75 Å². The maximum Gasteiger partial charge on any atom is 0.225 e. The van der Waals surface area contributed by atoms with E-state index in [-0.39, 0.29) is 0 Å². The number of rotatable bonds is 7. The van der Waals surface area contributed by atoms with Crippen molar-refractivity contribution in [3.05, 3.63) is 78.5 Å². The van der Waals surface area contributed by atoms with Crippen LogP contribution in [0.4, 0.5) is 5.95 Å². The number of hydrogen-bond acceptors (Lipinski definition) is 5. The van der Waals surface area contributed by atoms with Gasteiger partial charge in [0.1, 0.15) is 11.5 Å². The van der Waals surface area contributed by atoms with E-state index in [1.165, 1.54) is 0 Å². The number of benzene rings is 2. The number of aromatic nitrogens is 2. The highest BCUT2D eigenvalue weighted by Crippen LogP contribution is 2.26. The first-order valence-electron chi connectivity index (χ1n) is 8.86. The van der Waals surface area contributed by atoms with Gasteiger partial charge in [-0.2, -0.15) is 0 Å². The lowest BCUT2D eigenvalue weighted by Gasteiger charge is -2.13. The van der Waals surface area contributed by atoms with E-state index in [2.05, 4.69) is 15.3 Å². The zero-order valence-electron chi connectivity index (χ0n) is 15.9. The van der Waals surface area contributed by atoms with Crippen LogP contribution in [0.15, 0.2) is 72.9 Å². The SMILES string of the molecule is CNC/C=C(/Oc1cccc(-c2ccnc(N(C)C)n2)c1)c1ccccc1. The van der Waals surface area contributed by atoms with E-state index in [0.717, 1.165) is 34.9 Å². The Hall–Kier alpha value is -3.18. The summed E-state index contributed by atoms with van der Waals surface area (Å²) in [5, 5.41) is 3.13. The Morgan fingerprint density at radius 1 is 1.07 bits per heavy atom. The lowest BCUT2D eigenvalue weighted by molar-refractivity contribution is 0.513. The molecule has 5 heteroatoms. The van der Waals surface area contributed by atoms with E-state index >= 15 is 0 Å². The van der Waals surface area contributed by atoms with Crippen molar-refractivity contribution in [1.29, 1.82) is 0 Å². The van der Waals surface area contributed by atoms with E-state index in [1.54, 1.807) is 6.20 Å². The second-order valence-corrected chi connectivity index (χ2v) is 6.26. The molecule has 0 aliphatic rings. The number of anilines is 1. The summed E-state index contributed by atoms with van der Waals surface area (Å²) in [6.45, 7) is 0.724. The Balaban J connectivity index is 1.89. The van der Waals surface area contributed by atoms with Crippen molar-refractivity contribution < 1.29 is 4.74 Å². The zero-order chi connectivity index (χ0) is 19.1. The minimum atomic E-state index is 0.678. The first-order valence-corrected chi connectivity index (χ1v) is 8.86. The van der Waals surface area contributed by atoms with Crippen molar-refractivity contribution >= 4 is 11.7 Å². The smallest absolute Gasteiger partial charge is 0.225 e. The third-order valence-corrected chi connectivity index (χ3v) is 3.95. The number of likely N-dealkylation sites (N-methyl/N-ethyl adjacent to an activating group) is 1. The lowest BCUT2D eigenvalue weighted by Crippen LogP contribution is -2.12. The minimum Gasteiger partial charge on any atom is -0.457 e. The van der Waals surface area contributed by atoms with Crippen molar-refractivity contribution in [1.82, 2.24) is 15.3 Å². The third-order valence-electron chi connectivity index (χ3n) is 3.95. The summed E-state index contributed by atoms with van der Waals surface area (Å²) in [7, 11) is 5.77. The van der Waals surface area contributed by atoms with Crippen LogP contribution >= 0.6 is 0 Å². The van der Waals surface area contributed by atoms with Crippen molar-refractivity contribution in [2.45, 2.75) is 0 Å². The molecular formula is C22H24N4O. The number of ether oxygens (including phenoxy) is 1. The molecule has 0 fully saturated rings. The molecule has 1 aromatic heterocycles. The molecular weight excluding hydrogens is 336 g/mol. The molecule has 2 aromatic carbocycles. The van der Waals surface area contributed by atoms with Gasteiger partial charge in [-0.1, -0.05) is 42.5 Å². The summed E-state index contributed by atoms with van der Waals surface area (Å²) < 4.78 is 6.21. The first-order chi connectivity index (χ1) is 13.2. The highest BCUT2D eigenvalue weighted by Gasteiger charge is 2.08. The molecule has 27 heavy (non-hydrogen) atoms. The fourth-order valence-corrected chi connectivity index (χ4v) is 2.59. The average Bonchev–Trinajstić information content (AvgIpc) is 2.72. The van der Waals surface area contributed by atoms with Crippen LogP contribution in [-0.2, 0) is 0 Å². The third kappa shape index (κ3) is 4.92. The van der Waals surface area contributed by atoms with Gasteiger partial charge in [-0.3, -0.25) is 0 Å². The summed E-state index contributed by atoms with van der Waals surface area (Å²) in [5.41, 5.74) is 2.88. The summed E-state index contributed by atoms with van der Waals surface area (Å²) in [5.74, 6) is 2.26. The zero-order valence-corrected chi connectivity index (χ0v) is 15.9. The topological polar surface area (TPSA) is 50.3 Å². The molecule has 0 amide bonds. The predicted octanol–water partition coefficient (Wildman–Crippen LogP) is 3.85. The van der Waals surface area contributed by atoms with Crippen LogP contribution in [0.25, 0.3) is 17.0 Å². The van der Waals surface area contributed by atoms with Crippen LogP contribution in [0.1, 0.15) is 5.56 Å². The fourth-order valence-electron chi connectivity index (χ4n) is 2.59. The Morgan fingerprint density at radius 2 is 1.89 bits per heavy atom. The van der Waals surface area contributed by atoms with Crippen LogP contribution in [0, 0.1) is 0 Å². The molecule has 0 bridgehead atoms. The summed E-state index contributed by atoms with van der Waals surface area (Å²) in [6, 6.07) is 19.9. The molecule has 0 spiro atoms. The molecule has 3 aromatic rings. The summed E-state index contributed by atoms with van der Waals surface area (Å²) in [4.78, 5) is 10.8. The first kappa shape index (κ1) is 18.6. The standard InChI is InChI=1S/C22H24N4O/c1-23-14-13-21(17-8-5-4-6-9-17)27-19-11-7-10-18(16-19)20-12-15-24-22(25-20)26(2)3/h4-13,15-16,23H,14H2,1-3H3/b21-13+. The van der Waals surface area contributed by atoms with Gasteiger partial charge in [0.05, 0.1) is 5.69 Å². The molecule has 0 atom stereocenters. The summed E-state index contributed by atoms with van der Waals surface area (Å²) >= 11 is 0. The van der Waals surface area contributed by atoms with Gasteiger partial charge in [0.25, 0.3) is 0 Å². The van der Waals surface area contributed by atoms with E-state index in [0.29, 0.717) is 5.95 Å². The van der Waals surface area contributed by atoms with Gasteiger partial charge in [0.15, 0.2) is 0 Å². The van der Waals surface area contributed by atoms with Gasteiger partial charge in [-0.25, -0.2) is 9.97 Å². The van der Waals surface area contributed by atoms with Crippen molar-refractivity contribution in [3.63, 3.8) is 0 Å². The maximum absolute atomic E-state index is 6.21. The monoisotopic (exact) mass is 360 g/mol. The molecule has 0 unspecified atom stereocenters. The molecule has 0 radical (unpaired) electrons. The largest absolute Gasteiger partial charge is 0.457 e. The molecule has 0 saturated carbocycles. The number of nitrogens with zero attached hydrogens (tertiary/aromatic N) is 3. The maximum atomic E-state index is 6.21. The normalized spacial score (nSPS) is 11.3. The van der Waals surface area contributed by atoms with Crippen LogP contribution in [-0.4, -0.2) is 37.7 Å². The number of hydrogen-bond donors (Lipinski definition) is 1. The number of nitrogens with one attached hydrogen (secondary N) is 1. The minimum absolute atomic E-state index is 0.678. The van der Waals surface area contributed by atoms with Crippen LogP contribution < -0.4 is 15.0 Å². The van der Waals surface area contributed by atoms with E-state index in [4.69, 9.17) is 4.74 Å². The van der Waals surface area contributed by atoms with Gasteiger partial charge in [-0.15, -0.1) is 0 Å². The van der Waals surface area contributed by atoms with Crippen molar-refractivity contribution in [2.75, 3.05) is 32.6 Å². The van der Waals surface area contributed by atoms with Crippen LogP contribution in [0.2, 0.25) is 0 Å². The Bertz CT molecular complexity index is 907. The molecule has 1 N–H and O–H groups in total. The molecule has 0 aliphatic heterocycles. The van der Waals surface area contributed by atoms with Crippen LogP contribution in [0.3, 0.4) is 0 Å². The Morgan fingerprint density at radius 3 is 2.63 bits per heavy atom. The van der Waals surface area contributed by atoms with Gasteiger partial charge < -0.3 is 15.0 Å².